The Bertz CT molecular complexity index is 850. The van der Waals surface area contributed by atoms with E-state index in [4.69, 9.17) is 20.9 Å². The molecule has 0 aliphatic heterocycles. The minimum Gasteiger partial charge on any atom is -0.439 e. The van der Waals surface area contributed by atoms with E-state index < -0.39 is 5.91 Å². The van der Waals surface area contributed by atoms with Crippen molar-refractivity contribution >= 4 is 23.4 Å². The number of nitrogens with zero attached hydrogens (tertiary/aromatic N) is 3. The number of aryl methyl sites for hydroxylation is 1. The van der Waals surface area contributed by atoms with Crippen LogP contribution in [0, 0.1) is 6.92 Å². The maximum absolute atomic E-state index is 12.1. The van der Waals surface area contributed by atoms with Gasteiger partial charge >= 0.3 is 0 Å². The van der Waals surface area contributed by atoms with Crippen LogP contribution in [0.2, 0.25) is 5.15 Å². The lowest BCUT2D eigenvalue weighted by Crippen LogP contribution is -2.13. The maximum Gasteiger partial charge on any atom is 0.276 e. The van der Waals surface area contributed by atoms with Gasteiger partial charge in [0, 0.05) is 24.4 Å². The van der Waals surface area contributed by atoms with E-state index in [9.17, 15) is 4.79 Å². The molecule has 0 unspecified atom stereocenters. The summed E-state index contributed by atoms with van der Waals surface area (Å²) in [6, 6.07) is 9.64. The molecule has 116 valence electrons. The first-order chi connectivity index (χ1) is 11.1. The predicted octanol–water partition coefficient (Wildman–Crippen LogP) is 3.47. The number of carbonyl (C=O) groups excluding carboxylic acids is 1. The third kappa shape index (κ3) is 3.83. The third-order valence-electron chi connectivity index (χ3n) is 2.74. The van der Waals surface area contributed by atoms with Crippen LogP contribution in [-0.4, -0.2) is 21.0 Å². The van der Waals surface area contributed by atoms with Crippen LogP contribution in [0.5, 0.6) is 11.6 Å². The summed E-state index contributed by atoms with van der Waals surface area (Å²) in [6.45, 7) is 1.76. The molecule has 0 fully saturated rings. The van der Waals surface area contributed by atoms with E-state index in [1.54, 1.807) is 43.3 Å². The number of aromatic nitrogens is 3. The van der Waals surface area contributed by atoms with E-state index in [1.807, 2.05) is 0 Å². The van der Waals surface area contributed by atoms with Crippen LogP contribution in [0.4, 0.5) is 5.88 Å². The Morgan fingerprint density at radius 1 is 1.30 bits per heavy atom. The van der Waals surface area contributed by atoms with Gasteiger partial charge in [-0.1, -0.05) is 22.8 Å². The van der Waals surface area contributed by atoms with Crippen molar-refractivity contribution in [2.75, 3.05) is 5.32 Å². The molecule has 0 saturated heterocycles. The number of halogens is 1. The lowest BCUT2D eigenvalue weighted by Gasteiger charge is -2.06. The number of hydrogen-bond acceptors (Lipinski definition) is 6. The fourth-order valence-corrected chi connectivity index (χ4v) is 1.93. The summed E-state index contributed by atoms with van der Waals surface area (Å²) in [5.41, 5.74) is 0.844. The van der Waals surface area contributed by atoms with Crippen LogP contribution in [0.3, 0.4) is 0 Å². The summed E-state index contributed by atoms with van der Waals surface area (Å²) >= 11 is 5.79. The minimum absolute atomic E-state index is 0.178. The van der Waals surface area contributed by atoms with Gasteiger partial charge in [-0.25, -0.2) is 9.97 Å². The van der Waals surface area contributed by atoms with Crippen LogP contribution in [-0.2, 0) is 0 Å². The molecule has 0 aliphatic carbocycles. The topological polar surface area (TPSA) is 90.1 Å². The van der Waals surface area contributed by atoms with Gasteiger partial charge in [-0.2, -0.15) is 0 Å². The van der Waals surface area contributed by atoms with E-state index in [0.717, 1.165) is 0 Å². The highest BCUT2D eigenvalue weighted by Gasteiger charge is 2.12. The molecule has 1 amide bonds. The molecule has 0 saturated carbocycles. The van der Waals surface area contributed by atoms with Crippen LogP contribution >= 0.6 is 11.6 Å². The van der Waals surface area contributed by atoms with Gasteiger partial charge in [0.1, 0.15) is 16.6 Å². The second kappa shape index (κ2) is 6.45. The monoisotopic (exact) mass is 330 g/mol. The molecule has 0 aliphatic rings. The molecule has 3 rings (SSSR count). The Kier molecular flexibility index (Phi) is 4.20. The average molecular weight is 331 g/mol. The molecule has 0 spiro atoms. The van der Waals surface area contributed by atoms with Crippen molar-refractivity contribution in [2.24, 2.45) is 0 Å². The minimum atomic E-state index is -0.431. The summed E-state index contributed by atoms with van der Waals surface area (Å²) in [5, 5.41) is 6.56. The van der Waals surface area contributed by atoms with Crippen molar-refractivity contribution in [3.63, 3.8) is 0 Å². The fourth-order valence-electron chi connectivity index (χ4n) is 1.77. The standard InChI is InChI=1S/C15H11ClN4O3/c1-9-7-14(23-20-9)19-15(21)11-3-2-4-13(18-11)22-10-5-6-17-12(16)8-10/h2-8H,1H3,(H,19,21). The van der Waals surface area contributed by atoms with E-state index in [0.29, 0.717) is 16.6 Å². The van der Waals surface area contributed by atoms with Gasteiger partial charge in [0.25, 0.3) is 5.91 Å². The molecule has 0 radical (unpaired) electrons. The molecule has 3 heterocycles. The Morgan fingerprint density at radius 3 is 2.91 bits per heavy atom. The summed E-state index contributed by atoms with van der Waals surface area (Å²) in [5.74, 6) is 0.551. The fraction of sp³-hybridized carbons (Fsp3) is 0.0667. The predicted molar refractivity (Wildman–Crippen MR) is 82.8 cm³/mol. The quantitative estimate of drug-likeness (QED) is 0.737. The Balaban J connectivity index is 1.75. The lowest BCUT2D eigenvalue weighted by molar-refractivity contribution is 0.101. The van der Waals surface area contributed by atoms with Crippen LogP contribution in [0.25, 0.3) is 0 Å². The summed E-state index contributed by atoms with van der Waals surface area (Å²) in [7, 11) is 0. The molecule has 8 heteroatoms. The Labute approximate surface area is 136 Å². The van der Waals surface area contributed by atoms with Gasteiger partial charge < -0.3 is 9.26 Å². The van der Waals surface area contributed by atoms with E-state index in [2.05, 4.69) is 20.4 Å². The third-order valence-corrected chi connectivity index (χ3v) is 2.95. The highest BCUT2D eigenvalue weighted by molar-refractivity contribution is 6.29. The van der Waals surface area contributed by atoms with Crippen molar-refractivity contribution in [3.05, 3.63) is 59.1 Å². The number of carbonyl (C=O) groups is 1. The molecule has 1 N–H and O–H groups in total. The zero-order valence-corrected chi connectivity index (χ0v) is 12.7. The number of ether oxygens (including phenoxy) is 1. The molecule has 23 heavy (non-hydrogen) atoms. The van der Waals surface area contributed by atoms with Gasteiger partial charge in [0.15, 0.2) is 0 Å². The second-order valence-corrected chi connectivity index (χ2v) is 4.95. The Morgan fingerprint density at radius 2 is 2.17 bits per heavy atom. The number of pyridine rings is 2. The average Bonchev–Trinajstić information content (AvgIpc) is 2.92. The Hall–Kier alpha value is -2.93. The number of anilines is 1. The molecular weight excluding hydrogens is 320 g/mol. The largest absolute Gasteiger partial charge is 0.439 e. The van der Waals surface area contributed by atoms with Crippen LogP contribution in [0.1, 0.15) is 16.2 Å². The highest BCUT2D eigenvalue weighted by atomic mass is 35.5. The number of amides is 1. The van der Waals surface area contributed by atoms with E-state index >= 15 is 0 Å². The maximum atomic E-state index is 12.1. The van der Waals surface area contributed by atoms with E-state index in [-0.39, 0.29) is 17.5 Å². The normalized spacial score (nSPS) is 10.3. The smallest absolute Gasteiger partial charge is 0.276 e. The van der Waals surface area contributed by atoms with Crippen molar-refractivity contribution in [2.45, 2.75) is 6.92 Å². The van der Waals surface area contributed by atoms with Gasteiger partial charge in [-0.05, 0) is 19.1 Å². The van der Waals surface area contributed by atoms with Crippen LogP contribution in [0.15, 0.2) is 47.1 Å². The zero-order valence-electron chi connectivity index (χ0n) is 12.0. The van der Waals surface area contributed by atoms with Crippen molar-refractivity contribution in [1.29, 1.82) is 0 Å². The first-order valence-corrected chi connectivity index (χ1v) is 6.99. The number of nitrogens with one attached hydrogen (secondary N) is 1. The molecule has 3 aromatic heterocycles. The van der Waals surface area contributed by atoms with Crippen molar-refractivity contribution < 1.29 is 14.1 Å². The zero-order chi connectivity index (χ0) is 16.2. The molecule has 0 bridgehead atoms. The summed E-state index contributed by atoms with van der Waals surface area (Å²) < 4.78 is 10.5. The number of hydrogen-bond donors (Lipinski definition) is 1. The van der Waals surface area contributed by atoms with Gasteiger partial charge in [-0.3, -0.25) is 10.1 Å². The number of rotatable bonds is 4. The molecule has 0 aromatic carbocycles. The van der Waals surface area contributed by atoms with Gasteiger partial charge in [-0.15, -0.1) is 0 Å². The molecular formula is C15H11ClN4O3. The SMILES string of the molecule is Cc1cc(NC(=O)c2cccc(Oc3ccnc(Cl)c3)n2)on1. The molecule has 3 aromatic rings. The van der Waals surface area contributed by atoms with Gasteiger partial charge in [0.2, 0.25) is 11.8 Å². The van der Waals surface area contributed by atoms with E-state index in [1.165, 1.54) is 6.20 Å². The van der Waals surface area contributed by atoms with Crippen molar-refractivity contribution in [1.82, 2.24) is 15.1 Å². The second-order valence-electron chi connectivity index (χ2n) is 4.56. The lowest BCUT2D eigenvalue weighted by atomic mass is 10.3. The first kappa shape index (κ1) is 15.0. The van der Waals surface area contributed by atoms with Crippen molar-refractivity contribution in [3.8, 4) is 11.6 Å². The molecule has 0 atom stereocenters. The van der Waals surface area contributed by atoms with Gasteiger partial charge in [0.05, 0.1) is 5.69 Å². The van der Waals surface area contributed by atoms with Crippen LogP contribution < -0.4 is 10.1 Å². The highest BCUT2D eigenvalue weighted by Crippen LogP contribution is 2.21. The molecule has 7 nitrogen and oxygen atoms in total. The summed E-state index contributed by atoms with van der Waals surface area (Å²) in [6.07, 6.45) is 1.51. The first-order valence-electron chi connectivity index (χ1n) is 6.61. The summed E-state index contributed by atoms with van der Waals surface area (Å²) in [4.78, 5) is 20.1.